The second-order valence-electron chi connectivity index (χ2n) is 5.76. The van der Waals surface area contributed by atoms with Crippen LogP contribution in [-0.4, -0.2) is 25.0 Å². The number of benzene rings is 3. The third-order valence-electron chi connectivity index (χ3n) is 3.81. The van der Waals surface area contributed by atoms with Crippen LogP contribution < -0.4 is 20.3 Å². The Labute approximate surface area is 157 Å². The van der Waals surface area contributed by atoms with Crippen molar-refractivity contribution in [2.24, 2.45) is 0 Å². The Morgan fingerprint density at radius 1 is 0.815 bits per heavy atom. The quantitative estimate of drug-likeness (QED) is 0.659. The molecule has 3 aromatic carbocycles. The van der Waals surface area contributed by atoms with E-state index in [0.29, 0.717) is 23.7 Å². The summed E-state index contributed by atoms with van der Waals surface area (Å²) in [6.07, 6.45) is 0. The second kappa shape index (κ2) is 8.71. The first-order chi connectivity index (χ1) is 13.2. The molecule has 0 radical (unpaired) electrons. The second-order valence-corrected chi connectivity index (χ2v) is 5.76. The summed E-state index contributed by atoms with van der Waals surface area (Å²) in [4.78, 5) is 24.0. The highest BCUT2D eigenvalue weighted by atomic mass is 16.5. The molecule has 2 N–H and O–H groups in total. The van der Waals surface area contributed by atoms with Gasteiger partial charge in [0.25, 0.3) is 11.8 Å². The number of fused-ring (bicyclic) bond motifs is 1. The summed E-state index contributed by atoms with van der Waals surface area (Å²) in [7, 11) is 0. The molecule has 6 nitrogen and oxygen atoms in total. The maximum atomic E-state index is 12.1. The molecule has 138 valence electrons. The molecule has 0 unspecified atom stereocenters. The summed E-state index contributed by atoms with van der Waals surface area (Å²) < 4.78 is 10.8. The lowest BCUT2D eigenvalue weighted by atomic mass is 10.1. The molecule has 0 aliphatic carbocycles. The van der Waals surface area contributed by atoms with Crippen molar-refractivity contribution in [2.75, 3.05) is 13.2 Å². The van der Waals surface area contributed by atoms with E-state index in [1.54, 1.807) is 30.3 Å². The van der Waals surface area contributed by atoms with Crippen LogP contribution in [0.25, 0.3) is 10.8 Å². The highest BCUT2D eigenvalue weighted by molar-refractivity contribution is 5.95. The first-order valence-corrected chi connectivity index (χ1v) is 8.59. The molecule has 3 rings (SSSR count). The number of carbonyl (C=O) groups excluding carboxylic acids is 2. The maximum absolute atomic E-state index is 12.1. The van der Waals surface area contributed by atoms with Crippen LogP contribution in [-0.2, 0) is 4.79 Å². The van der Waals surface area contributed by atoms with Gasteiger partial charge in [-0.1, -0.05) is 36.4 Å². The van der Waals surface area contributed by atoms with E-state index < -0.39 is 11.8 Å². The maximum Gasteiger partial charge on any atom is 0.276 e. The van der Waals surface area contributed by atoms with Crippen molar-refractivity contribution in [3.63, 3.8) is 0 Å². The van der Waals surface area contributed by atoms with Crippen LogP contribution in [0.2, 0.25) is 0 Å². The Hall–Kier alpha value is -3.54. The van der Waals surface area contributed by atoms with E-state index in [2.05, 4.69) is 10.9 Å². The molecular weight excluding hydrogens is 344 g/mol. The topological polar surface area (TPSA) is 76.7 Å². The number of amides is 2. The fraction of sp³-hybridized carbons (Fsp3) is 0.143. The minimum atomic E-state index is -0.461. The van der Waals surface area contributed by atoms with Gasteiger partial charge in [-0.05, 0) is 48.0 Å². The van der Waals surface area contributed by atoms with Gasteiger partial charge >= 0.3 is 0 Å². The van der Waals surface area contributed by atoms with Gasteiger partial charge in [0.05, 0.1) is 6.61 Å². The lowest BCUT2D eigenvalue weighted by molar-refractivity contribution is -0.123. The molecule has 0 atom stereocenters. The van der Waals surface area contributed by atoms with Gasteiger partial charge in [-0.25, -0.2) is 0 Å². The van der Waals surface area contributed by atoms with Crippen molar-refractivity contribution in [2.45, 2.75) is 6.92 Å². The molecule has 2 amide bonds. The molecule has 0 aliphatic heterocycles. The van der Waals surface area contributed by atoms with Crippen molar-refractivity contribution in [1.82, 2.24) is 10.9 Å². The molecule has 0 bridgehead atoms. The lowest BCUT2D eigenvalue weighted by Crippen LogP contribution is -2.43. The molecule has 0 saturated heterocycles. The largest absolute Gasteiger partial charge is 0.494 e. The molecule has 0 aromatic heterocycles. The van der Waals surface area contributed by atoms with E-state index in [1.807, 2.05) is 43.3 Å². The van der Waals surface area contributed by atoms with Gasteiger partial charge in [0.2, 0.25) is 0 Å². The number of carbonyl (C=O) groups is 2. The van der Waals surface area contributed by atoms with Crippen LogP contribution in [0.15, 0.2) is 66.7 Å². The molecule has 27 heavy (non-hydrogen) atoms. The van der Waals surface area contributed by atoms with Crippen LogP contribution in [0.3, 0.4) is 0 Å². The Morgan fingerprint density at radius 3 is 2.41 bits per heavy atom. The zero-order chi connectivity index (χ0) is 19.1. The summed E-state index contributed by atoms with van der Waals surface area (Å²) in [5.41, 5.74) is 5.08. The van der Waals surface area contributed by atoms with Gasteiger partial charge in [-0.15, -0.1) is 0 Å². The fourth-order valence-electron chi connectivity index (χ4n) is 2.53. The van der Waals surface area contributed by atoms with E-state index in [4.69, 9.17) is 9.47 Å². The SMILES string of the molecule is CCOc1cccc(C(=O)NNC(=O)COc2ccc3ccccc3c2)c1. The van der Waals surface area contributed by atoms with Crippen molar-refractivity contribution in [1.29, 1.82) is 0 Å². The number of rotatable bonds is 6. The van der Waals surface area contributed by atoms with Crippen molar-refractivity contribution < 1.29 is 19.1 Å². The predicted molar refractivity (Wildman–Crippen MR) is 103 cm³/mol. The average molecular weight is 364 g/mol. The Bertz CT molecular complexity index is 956. The van der Waals surface area contributed by atoms with Crippen LogP contribution in [0.4, 0.5) is 0 Å². The number of hydrazine groups is 1. The Morgan fingerprint density at radius 2 is 1.59 bits per heavy atom. The zero-order valence-corrected chi connectivity index (χ0v) is 14.9. The van der Waals surface area contributed by atoms with E-state index in [9.17, 15) is 9.59 Å². The van der Waals surface area contributed by atoms with Gasteiger partial charge in [0, 0.05) is 5.56 Å². The van der Waals surface area contributed by atoms with Crippen molar-refractivity contribution in [3.05, 3.63) is 72.3 Å². The van der Waals surface area contributed by atoms with Crippen LogP contribution in [0.5, 0.6) is 11.5 Å². The smallest absolute Gasteiger partial charge is 0.276 e. The van der Waals surface area contributed by atoms with Gasteiger partial charge in [-0.3, -0.25) is 20.4 Å². The molecule has 0 saturated carbocycles. The average Bonchev–Trinajstić information content (AvgIpc) is 2.70. The first-order valence-electron chi connectivity index (χ1n) is 8.59. The third-order valence-corrected chi connectivity index (χ3v) is 3.81. The summed E-state index contributed by atoms with van der Waals surface area (Å²) in [5.74, 6) is 0.281. The normalized spacial score (nSPS) is 10.3. The molecule has 0 heterocycles. The van der Waals surface area contributed by atoms with E-state index in [0.717, 1.165) is 10.8 Å². The van der Waals surface area contributed by atoms with Crippen molar-refractivity contribution in [3.8, 4) is 11.5 Å². The fourth-order valence-corrected chi connectivity index (χ4v) is 2.53. The highest BCUT2D eigenvalue weighted by Crippen LogP contribution is 2.20. The standard InChI is InChI=1S/C21H20N2O4/c1-2-26-18-9-5-8-17(13-18)21(25)23-22-20(24)14-27-19-11-10-15-6-3-4-7-16(15)12-19/h3-13H,2,14H2,1H3,(H,22,24)(H,23,25). The number of hydrogen-bond acceptors (Lipinski definition) is 4. The van der Waals surface area contributed by atoms with E-state index in [1.165, 1.54) is 0 Å². The molecule has 6 heteroatoms. The Balaban J connectivity index is 1.50. The minimum Gasteiger partial charge on any atom is -0.494 e. The van der Waals surface area contributed by atoms with Gasteiger partial charge < -0.3 is 9.47 Å². The van der Waals surface area contributed by atoms with Gasteiger partial charge in [-0.2, -0.15) is 0 Å². The molecule has 0 fully saturated rings. The van der Waals surface area contributed by atoms with Gasteiger partial charge in [0.1, 0.15) is 11.5 Å². The molecule has 0 spiro atoms. The first kappa shape index (κ1) is 18.3. The number of ether oxygens (including phenoxy) is 2. The summed E-state index contributed by atoms with van der Waals surface area (Å²) >= 11 is 0. The van der Waals surface area contributed by atoms with Crippen LogP contribution >= 0.6 is 0 Å². The summed E-state index contributed by atoms with van der Waals surface area (Å²) in [6.45, 7) is 2.16. The van der Waals surface area contributed by atoms with Crippen molar-refractivity contribution >= 4 is 22.6 Å². The summed E-state index contributed by atoms with van der Waals surface area (Å²) in [5, 5.41) is 2.12. The predicted octanol–water partition coefficient (Wildman–Crippen LogP) is 3.08. The number of nitrogens with one attached hydrogen (secondary N) is 2. The third kappa shape index (κ3) is 4.98. The minimum absolute atomic E-state index is 0.211. The molecule has 0 aliphatic rings. The van der Waals surface area contributed by atoms with Crippen LogP contribution in [0.1, 0.15) is 17.3 Å². The van der Waals surface area contributed by atoms with Crippen LogP contribution in [0, 0.1) is 0 Å². The molecule has 3 aromatic rings. The summed E-state index contributed by atoms with van der Waals surface area (Å²) in [6, 6.07) is 20.2. The highest BCUT2D eigenvalue weighted by Gasteiger charge is 2.09. The van der Waals surface area contributed by atoms with Gasteiger partial charge in [0.15, 0.2) is 6.61 Å². The lowest BCUT2D eigenvalue weighted by Gasteiger charge is -2.10. The monoisotopic (exact) mass is 364 g/mol. The Kier molecular flexibility index (Phi) is 5.89. The van der Waals surface area contributed by atoms with E-state index in [-0.39, 0.29) is 6.61 Å². The van der Waals surface area contributed by atoms with E-state index >= 15 is 0 Å². The zero-order valence-electron chi connectivity index (χ0n) is 14.9. The molecular formula is C21H20N2O4. The number of hydrogen-bond donors (Lipinski definition) is 2.